The molecule has 2 unspecified atom stereocenters. The van der Waals surface area contributed by atoms with Gasteiger partial charge in [0.2, 0.25) is 17.7 Å². The van der Waals surface area contributed by atoms with Crippen LogP contribution in [-0.2, 0) is 11.2 Å². The molecule has 0 fully saturated rings. The van der Waals surface area contributed by atoms with Gasteiger partial charge in [0.05, 0.1) is 0 Å². The number of nitrogens with zero attached hydrogens (tertiary/aromatic N) is 2. The Hall–Kier alpha value is -4.57. The fraction of sp³-hybridized carbons (Fsp3) is 0.167. The van der Waals surface area contributed by atoms with Crippen molar-refractivity contribution in [2.75, 3.05) is 0 Å². The van der Waals surface area contributed by atoms with Crippen molar-refractivity contribution in [2.45, 2.75) is 25.2 Å². The lowest BCUT2D eigenvalue weighted by atomic mass is 9.87. The predicted molar refractivity (Wildman–Crippen MR) is 138 cm³/mol. The van der Waals surface area contributed by atoms with E-state index in [1.165, 1.54) is 36.4 Å². The van der Waals surface area contributed by atoms with Gasteiger partial charge in [0, 0.05) is 6.42 Å². The molecule has 204 valence electrons. The molecular formula is C30H23F4N3O3. The molecule has 3 aromatic carbocycles. The van der Waals surface area contributed by atoms with E-state index in [0.717, 1.165) is 18.2 Å². The summed E-state index contributed by atoms with van der Waals surface area (Å²) in [6.45, 7) is 1.60. The van der Waals surface area contributed by atoms with Crippen LogP contribution in [0.2, 0.25) is 0 Å². The van der Waals surface area contributed by atoms with E-state index in [2.05, 4.69) is 15.5 Å². The van der Waals surface area contributed by atoms with E-state index in [-0.39, 0.29) is 12.3 Å². The van der Waals surface area contributed by atoms with Gasteiger partial charge in [0.15, 0.2) is 17.5 Å². The summed E-state index contributed by atoms with van der Waals surface area (Å²) < 4.78 is 61.1. The fourth-order valence-electron chi connectivity index (χ4n) is 4.44. The minimum absolute atomic E-state index is 0.0682. The van der Waals surface area contributed by atoms with E-state index >= 15 is 4.39 Å². The molecule has 40 heavy (non-hydrogen) atoms. The third kappa shape index (κ3) is 5.86. The third-order valence-electron chi connectivity index (χ3n) is 6.52. The summed E-state index contributed by atoms with van der Waals surface area (Å²) in [6.07, 6.45) is 3.52. The topological polar surface area (TPSA) is 88.2 Å². The molecule has 2 N–H and O–H groups in total. The monoisotopic (exact) mass is 549 g/mol. The first-order valence-corrected chi connectivity index (χ1v) is 12.3. The predicted octanol–water partition coefficient (Wildman–Crippen LogP) is 5.79. The Balaban J connectivity index is 1.39. The van der Waals surface area contributed by atoms with Crippen molar-refractivity contribution in [3.8, 4) is 11.1 Å². The first-order valence-electron chi connectivity index (χ1n) is 12.3. The number of carbonyl (C=O) groups excluding carboxylic acids is 1. The molecule has 3 atom stereocenters. The molecule has 0 bridgehead atoms. The first kappa shape index (κ1) is 27.0. The fourth-order valence-corrected chi connectivity index (χ4v) is 4.44. The van der Waals surface area contributed by atoms with E-state index in [0.29, 0.717) is 33.7 Å². The number of hydrogen-bond acceptors (Lipinski definition) is 5. The zero-order valence-electron chi connectivity index (χ0n) is 21.1. The van der Waals surface area contributed by atoms with Crippen LogP contribution in [0.15, 0.2) is 89.5 Å². The lowest BCUT2D eigenvalue weighted by Gasteiger charge is -2.28. The van der Waals surface area contributed by atoms with Crippen LogP contribution in [0.5, 0.6) is 0 Å². The number of hydrogen-bond donors (Lipinski definition) is 2. The molecule has 10 heteroatoms. The summed E-state index contributed by atoms with van der Waals surface area (Å²) in [5.41, 5.74) is 2.61. The number of amides is 1. The highest BCUT2D eigenvalue weighted by molar-refractivity contribution is 5.87. The van der Waals surface area contributed by atoms with E-state index in [9.17, 15) is 23.1 Å². The van der Waals surface area contributed by atoms with Gasteiger partial charge >= 0.3 is 0 Å². The van der Waals surface area contributed by atoms with E-state index < -0.39 is 41.2 Å². The van der Waals surface area contributed by atoms with Crippen LogP contribution in [0.4, 0.5) is 17.6 Å². The second-order valence-electron chi connectivity index (χ2n) is 9.44. The van der Waals surface area contributed by atoms with Crippen LogP contribution in [0.1, 0.15) is 28.9 Å². The van der Waals surface area contributed by atoms with Gasteiger partial charge in [0.1, 0.15) is 17.8 Å². The minimum Gasteiger partial charge on any atom is -0.358 e. The molecule has 0 aliphatic heterocycles. The number of rotatable bonds is 7. The highest BCUT2D eigenvalue weighted by Gasteiger charge is 2.42. The Morgan fingerprint density at radius 2 is 1.77 bits per heavy atom. The summed E-state index contributed by atoms with van der Waals surface area (Å²) in [5, 5.41) is 16.8. The number of halogens is 4. The Morgan fingerprint density at radius 1 is 1.02 bits per heavy atom. The third-order valence-corrected chi connectivity index (χ3v) is 6.52. The van der Waals surface area contributed by atoms with Gasteiger partial charge < -0.3 is 14.9 Å². The molecule has 4 aromatic rings. The molecule has 1 aromatic heterocycles. The minimum atomic E-state index is -3.00. The highest BCUT2D eigenvalue weighted by Crippen LogP contribution is 2.34. The summed E-state index contributed by atoms with van der Waals surface area (Å²) in [7, 11) is 0. The molecule has 0 saturated carbocycles. The summed E-state index contributed by atoms with van der Waals surface area (Å²) in [6, 6.07) is 15.2. The maximum absolute atomic E-state index is 15.1. The molecule has 1 amide bonds. The number of allylic oxidation sites excluding steroid dienone is 2. The van der Waals surface area contributed by atoms with Gasteiger partial charge in [-0.1, -0.05) is 59.8 Å². The first-order chi connectivity index (χ1) is 19.1. The zero-order valence-corrected chi connectivity index (χ0v) is 21.1. The maximum Gasteiger partial charge on any atom is 0.249 e. The lowest BCUT2D eigenvalue weighted by Crippen LogP contribution is -2.44. The summed E-state index contributed by atoms with van der Waals surface area (Å²) in [4.78, 5) is 17.5. The number of aryl methyl sites for hydroxylation is 1. The van der Waals surface area contributed by atoms with Gasteiger partial charge in [-0.25, -0.2) is 17.6 Å². The quantitative estimate of drug-likeness (QED) is 0.285. The standard InChI is InChI=1S/C30H23F4N3O3/c1-17-35-29(40-37-17)27(13-18-5-7-19(8-6-18)21-9-10-25(32)26(33)16-21)36-28(38)24-15-22(11-12-30(24,34)39)20-3-2-4-23(31)14-20/h2-12,14-16,24,27,39H,13H2,1H3,(H,36,38)/t24?,27-,30?/m1/s1. The number of alkyl halides is 1. The number of aliphatic hydroxyl groups is 1. The van der Waals surface area contributed by atoms with Crippen LogP contribution in [0.25, 0.3) is 16.7 Å². The molecule has 1 aliphatic rings. The van der Waals surface area contributed by atoms with Crippen molar-refractivity contribution in [3.63, 3.8) is 0 Å². The molecule has 6 nitrogen and oxygen atoms in total. The second kappa shape index (κ2) is 10.9. The van der Waals surface area contributed by atoms with Crippen LogP contribution in [0.3, 0.4) is 0 Å². The van der Waals surface area contributed by atoms with Gasteiger partial charge in [-0.05, 0) is 65.1 Å². The van der Waals surface area contributed by atoms with E-state index in [1.807, 2.05) is 0 Å². The zero-order chi connectivity index (χ0) is 28.4. The number of carbonyl (C=O) groups is 1. The average molecular weight is 550 g/mol. The van der Waals surface area contributed by atoms with E-state index in [4.69, 9.17) is 4.52 Å². The van der Waals surface area contributed by atoms with Gasteiger partial charge in [-0.2, -0.15) is 4.98 Å². The summed E-state index contributed by atoms with van der Waals surface area (Å²) in [5.74, 6) is -7.53. The van der Waals surface area contributed by atoms with Crippen molar-refractivity contribution in [3.05, 3.63) is 125 Å². The summed E-state index contributed by atoms with van der Waals surface area (Å²) >= 11 is 0. The van der Waals surface area contributed by atoms with Crippen molar-refractivity contribution in [1.82, 2.24) is 15.5 Å². The Morgan fingerprint density at radius 3 is 2.45 bits per heavy atom. The van der Waals surface area contributed by atoms with Gasteiger partial charge in [0.25, 0.3) is 0 Å². The number of nitrogens with one attached hydrogen (secondary N) is 1. The van der Waals surface area contributed by atoms with Crippen LogP contribution < -0.4 is 5.32 Å². The maximum atomic E-state index is 15.1. The highest BCUT2D eigenvalue weighted by atomic mass is 19.2. The largest absolute Gasteiger partial charge is 0.358 e. The van der Waals surface area contributed by atoms with Crippen LogP contribution in [0, 0.1) is 30.3 Å². The molecule has 5 rings (SSSR count). The molecular weight excluding hydrogens is 526 g/mol. The number of benzene rings is 3. The Bertz CT molecular complexity index is 1610. The Kier molecular flexibility index (Phi) is 7.36. The van der Waals surface area contributed by atoms with Crippen molar-refractivity contribution in [1.29, 1.82) is 0 Å². The smallest absolute Gasteiger partial charge is 0.249 e. The molecule has 1 heterocycles. The lowest BCUT2D eigenvalue weighted by molar-refractivity contribution is -0.140. The molecule has 0 spiro atoms. The second-order valence-corrected chi connectivity index (χ2v) is 9.44. The van der Waals surface area contributed by atoms with Gasteiger partial charge in [-0.3, -0.25) is 4.79 Å². The molecule has 1 aliphatic carbocycles. The van der Waals surface area contributed by atoms with Crippen molar-refractivity contribution in [2.24, 2.45) is 5.92 Å². The Labute approximate surface area is 226 Å². The van der Waals surface area contributed by atoms with Crippen molar-refractivity contribution >= 4 is 11.5 Å². The van der Waals surface area contributed by atoms with Crippen LogP contribution >= 0.6 is 0 Å². The normalized spacial score (nSPS) is 19.2. The number of aromatic nitrogens is 2. The van der Waals surface area contributed by atoms with Crippen molar-refractivity contribution < 1.29 is 32.0 Å². The molecule has 0 radical (unpaired) electrons. The molecule has 0 saturated heterocycles. The SMILES string of the molecule is Cc1noc([C@@H](Cc2ccc(-c3ccc(F)c(F)c3)cc2)NC(=O)C2C=C(c3cccc(F)c3)C=CC2(O)F)n1. The average Bonchev–Trinajstić information content (AvgIpc) is 3.36. The van der Waals surface area contributed by atoms with Crippen LogP contribution in [-0.4, -0.2) is 27.0 Å². The van der Waals surface area contributed by atoms with E-state index in [1.54, 1.807) is 37.3 Å². The van der Waals surface area contributed by atoms with Gasteiger partial charge in [-0.15, -0.1) is 0 Å².